The number of anilines is 1. The van der Waals surface area contributed by atoms with E-state index in [9.17, 15) is 17.6 Å². The minimum atomic E-state index is -4.02. The van der Waals surface area contributed by atoms with Gasteiger partial charge in [-0.05, 0) is 66.9 Å². The molecule has 0 saturated carbocycles. The van der Waals surface area contributed by atoms with E-state index in [-0.39, 0.29) is 15.6 Å². The van der Waals surface area contributed by atoms with Crippen LogP contribution < -0.4 is 14.4 Å². The SMILES string of the molecule is CN1CCCc2ccc(S(=O)(=O)NC(=O)c3ccc(Oc4ccc(F)cc4)s3)cc21. The summed E-state index contributed by atoms with van der Waals surface area (Å²) in [4.78, 5) is 14.7. The Morgan fingerprint density at radius 1 is 1.13 bits per heavy atom. The minimum Gasteiger partial charge on any atom is -0.447 e. The summed E-state index contributed by atoms with van der Waals surface area (Å²) in [7, 11) is -2.10. The molecular formula is C21H19FN2O4S2. The molecule has 0 saturated heterocycles. The highest BCUT2D eigenvalue weighted by molar-refractivity contribution is 7.90. The average molecular weight is 447 g/mol. The number of halogens is 1. The van der Waals surface area contributed by atoms with Gasteiger partial charge in [0, 0.05) is 19.3 Å². The summed E-state index contributed by atoms with van der Waals surface area (Å²) in [5, 5.41) is 0.388. The molecule has 1 aliphatic rings. The molecule has 2 heterocycles. The fraction of sp³-hybridized carbons (Fsp3) is 0.190. The van der Waals surface area contributed by atoms with E-state index in [0.29, 0.717) is 10.8 Å². The van der Waals surface area contributed by atoms with Crippen LogP contribution in [0.2, 0.25) is 0 Å². The van der Waals surface area contributed by atoms with Gasteiger partial charge in [0.1, 0.15) is 11.6 Å². The number of nitrogens with one attached hydrogen (secondary N) is 1. The number of nitrogens with zero attached hydrogens (tertiary/aromatic N) is 1. The number of thiophene rings is 1. The second-order valence-electron chi connectivity index (χ2n) is 6.92. The summed E-state index contributed by atoms with van der Waals surface area (Å²) in [6.45, 7) is 0.856. The van der Waals surface area contributed by atoms with Gasteiger partial charge in [0.25, 0.3) is 15.9 Å². The van der Waals surface area contributed by atoms with Crippen molar-refractivity contribution in [2.45, 2.75) is 17.7 Å². The quantitative estimate of drug-likeness (QED) is 0.636. The predicted molar refractivity (Wildman–Crippen MR) is 113 cm³/mol. The van der Waals surface area contributed by atoms with E-state index in [2.05, 4.69) is 4.72 Å². The van der Waals surface area contributed by atoms with Crippen LogP contribution in [0.4, 0.5) is 10.1 Å². The third kappa shape index (κ3) is 4.31. The standard InChI is InChI=1S/C21H19FN2O4S2/c1-24-12-2-3-14-4-9-17(13-18(14)24)30(26,27)23-21(25)19-10-11-20(29-19)28-16-7-5-15(22)6-8-16/h4-11,13H,2-3,12H2,1H3,(H,23,25). The molecule has 9 heteroatoms. The van der Waals surface area contributed by atoms with Crippen molar-refractivity contribution in [1.29, 1.82) is 0 Å². The first-order valence-electron chi connectivity index (χ1n) is 9.26. The van der Waals surface area contributed by atoms with Gasteiger partial charge in [-0.3, -0.25) is 4.79 Å². The molecule has 156 valence electrons. The normalized spacial score (nSPS) is 13.6. The molecule has 4 rings (SSSR count). The molecule has 0 unspecified atom stereocenters. The van der Waals surface area contributed by atoms with Gasteiger partial charge in [0.15, 0.2) is 5.06 Å². The Morgan fingerprint density at radius 3 is 2.67 bits per heavy atom. The topological polar surface area (TPSA) is 75.7 Å². The smallest absolute Gasteiger partial charge is 0.275 e. The Hall–Kier alpha value is -2.91. The number of aryl methyl sites for hydroxylation is 1. The molecule has 0 bridgehead atoms. The summed E-state index contributed by atoms with van der Waals surface area (Å²) in [6, 6.07) is 13.4. The van der Waals surface area contributed by atoms with Gasteiger partial charge in [-0.15, -0.1) is 0 Å². The highest BCUT2D eigenvalue weighted by Crippen LogP contribution is 2.31. The van der Waals surface area contributed by atoms with Crippen molar-refractivity contribution in [3.63, 3.8) is 0 Å². The highest BCUT2D eigenvalue weighted by Gasteiger charge is 2.23. The van der Waals surface area contributed by atoms with Crippen molar-refractivity contribution in [3.8, 4) is 10.8 Å². The van der Waals surface area contributed by atoms with Crippen molar-refractivity contribution >= 4 is 33.0 Å². The Kier molecular flexibility index (Phi) is 5.48. The molecule has 1 aliphatic heterocycles. The first-order valence-corrected chi connectivity index (χ1v) is 11.6. The van der Waals surface area contributed by atoms with Gasteiger partial charge in [-0.2, -0.15) is 0 Å². The lowest BCUT2D eigenvalue weighted by molar-refractivity contribution is 0.0985. The Bertz CT molecular complexity index is 1190. The summed E-state index contributed by atoms with van der Waals surface area (Å²) in [6.07, 6.45) is 1.92. The van der Waals surface area contributed by atoms with Crippen LogP contribution in [0.1, 0.15) is 21.7 Å². The fourth-order valence-electron chi connectivity index (χ4n) is 3.25. The molecule has 0 aliphatic carbocycles. The van der Waals surface area contributed by atoms with Crippen molar-refractivity contribution in [2.24, 2.45) is 0 Å². The van der Waals surface area contributed by atoms with E-state index in [1.807, 2.05) is 11.9 Å². The van der Waals surface area contributed by atoms with Crippen molar-refractivity contribution in [3.05, 3.63) is 70.9 Å². The Labute approximate surface area is 178 Å². The van der Waals surface area contributed by atoms with E-state index >= 15 is 0 Å². The number of rotatable bonds is 5. The van der Waals surface area contributed by atoms with Crippen molar-refractivity contribution in [1.82, 2.24) is 4.72 Å². The number of hydrogen-bond donors (Lipinski definition) is 1. The first kappa shape index (κ1) is 20.4. The molecule has 0 spiro atoms. The molecular weight excluding hydrogens is 427 g/mol. The maximum absolute atomic E-state index is 13.0. The molecule has 0 fully saturated rings. The van der Waals surface area contributed by atoms with Crippen LogP contribution in [0.3, 0.4) is 0 Å². The number of amides is 1. The van der Waals surface area contributed by atoms with Crippen LogP contribution >= 0.6 is 11.3 Å². The molecule has 1 N–H and O–H groups in total. The first-order chi connectivity index (χ1) is 14.3. The van der Waals surface area contributed by atoms with Gasteiger partial charge in [0.05, 0.1) is 9.77 Å². The average Bonchev–Trinajstić information content (AvgIpc) is 3.18. The third-order valence-corrected chi connectivity index (χ3v) is 7.07. The number of carbonyl (C=O) groups is 1. The Balaban J connectivity index is 1.49. The lowest BCUT2D eigenvalue weighted by Gasteiger charge is -2.27. The number of carbonyl (C=O) groups excluding carboxylic acids is 1. The minimum absolute atomic E-state index is 0.0442. The molecule has 0 atom stereocenters. The van der Waals surface area contributed by atoms with Crippen LogP contribution in [0.15, 0.2) is 59.5 Å². The van der Waals surface area contributed by atoms with Crippen molar-refractivity contribution < 1.29 is 22.3 Å². The van der Waals surface area contributed by atoms with E-state index in [4.69, 9.17) is 4.74 Å². The van der Waals surface area contributed by atoms with E-state index in [1.165, 1.54) is 36.4 Å². The van der Waals surface area contributed by atoms with Crippen LogP contribution in [0.5, 0.6) is 10.8 Å². The summed E-state index contributed by atoms with van der Waals surface area (Å²) in [5.41, 5.74) is 1.96. The number of hydrogen-bond acceptors (Lipinski definition) is 6. The van der Waals surface area contributed by atoms with Crippen LogP contribution in [0, 0.1) is 5.82 Å². The maximum Gasteiger partial charge on any atom is 0.275 e. The fourth-order valence-corrected chi connectivity index (χ4v) is 5.07. The zero-order chi connectivity index (χ0) is 21.3. The van der Waals surface area contributed by atoms with Crippen LogP contribution in [0.25, 0.3) is 0 Å². The van der Waals surface area contributed by atoms with E-state index in [0.717, 1.165) is 42.0 Å². The zero-order valence-corrected chi connectivity index (χ0v) is 17.7. The number of fused-ring (bicyclic) bond motifs is 1. The molecule has 0 radical (unpaired) electrons. The lowest BCUT2D eigenvalue weighted by atomic mass is 10.0. The van der Waals surface area contributed by atoms with E-state index in [1.54, 1.807) is 18.2 Å². The van der Waals surface area contributed by atoms with Gasteiger partial charge >= 0.3 is 0 Å². The van der Waals surface area contributed by atoms with Crippen molar-refractivity contribution in [2.75, 3.05) is 18.5 Å². The highest BCUT2D eigenvalue weighted by atomic mass is 32.2. The molecule has 2 aromatic carbocycles. The summed E-state index contributed by atoms with van der Waals surface area (Å²) in [5.74, 6) is -0.705. The molecule has 6 nitrogen and oxygen atoms in total. The van der Waals surface area contributed by atoms with Gasteiger partial charge in [0.2, 0.25) is 0 Å². The zero-order valence-electron chi connectivity index (χ0n) is 16.1. The number of sulfonamides is 1. The number of ether oxygens (including phenoxy) is 1. The van der Waals surface area contributed by atoms with Crippen LogP contribution in [-0.2, 0) is 16.4 Å². The monoisotopic (exact) mass is 446 g/mol. The predicted octanol–water partition coefficient (Wildman–Crippen LogP) is 4.18. The van der Waals surface area contributed by atoms with Gasteiger partial charge in [-0.1, -0.05) is 17.4 Å². The second-order valence-corrected chi connectivity index (χ2v) is 9.65. The summed E-state index contributed by atoms with van der Waals surface area (Å²) < 4.78 is 46.1. The third-order valence-electron chi connectivity index (χ3n) is 4.78. The van der Waals surface area contributed by atoms with Gasteiger partial charge in [-0.25, -0.2) is 17.5 Å². The van der Waals surface area contributed by atoms with E-state index < -0.39 is 15.9 Å². The summed E-state index contributed by atoms with van der Waals surface area (Å²) >= 11 is 0.998. The molecule has 3 aromatic rings. The largest absolute Gasteiger partial charge is 0.447 e. The molecule has 30 heavy (non-hydrogen) atoms. The lowest BCUT2D eigenvalue weighted by Crippen LogP contribution is -2.31. The maximum atomic E-state index is 13.0. The molecule has 1 aromatic heterocycles. The van der Waals surface area contributed by atoms with Gasteiger partial charge < -0.3 is 9.64 Å². The second kappa shape index (κ2) is 8.08. The van der Waals surface area contributed by atoms with Crippen LogP contribution in [-0.4, -0.2) is 27.9 Å². The number of benzene rings is 2. The molecule has 1 amide bonds. The Morgan fingerprint density at radius 2 is 1.90 bits per heavy atom.